The van der Waals surface area contributed by atoms with Crippen LogP contribution in [-0.2, 0) is 4.79 Å². The molecule has 0 aromatic rings. The number of rotatable bonds is 2. The van der Waals surface area contributed by atoms with Crippen LogP contribution in [-0.4, -0.2) is 36.3 Å². The third-order valence-corrected chi connectivity index (χ3v) is 3.73. The first-order valence-electron chi connectivity index (χ1n) is 6.26. The van der Waals surface area contributed by atoms with Crippen molar-refractivity contribution in [3.05, 3.63) is 0 Å². The van der Waals surface area contributed by atoms with Gasteiger partial charge in [-0.2, -0.15) is 0 Å². The molecule has 0 radical (unpaired) electrons. The van der Waals surface area contributed by atoms with E-state index in [0.29, 0.717) is 11.8 Å². The molecule has 0 aromatic carbocycles. The van der Waals surface area contributed by atoms with Crippen molar-refractivity contribution in [1.82, 2.24) is 4.90 Å². The van der Waals surface area contributed by atoms with Gasteiger partial charge in [0.05, 0.1) is 5.84 Å². The van der Waals surface area contributed by atoms with E-state index in [9.17, 15) is 4.79 Å². The Kier molecular flexibility index (Phi) is 3.46. The molecule has 1 aliphatic carbocycles. The van der Waals surface area contributed by atoms with Crippen LogP contribution in [0.4, 0.5) is 0 Å². The van der Waals surface area contributed by atoms with Gasteiger partial charge in [0.2, 0.25) is 5.91 Å². The van der Waals surface area contributed by atoms with Crippen LogP contribution in [0.5, 0.6) is 0 Å². The van der Waals surface area contributed by atoms with Crippen molar-refractivity contribution < 1.29 is 4.79 Å². The van der Waals surface area contributed by atoms with Gasteiger partial charge in [-0.05, 0) is 19.3 Å². The highest BCUT2D eigenvalue weighted by molar-refractivity contribution is 5.89. The Morgan fingerprint density at radius 2 is 2.00 bits per heavy atom. The Labute approximate surface area is 96.9 Å². The molecule has 1 atom stereocenters. The van der Waals surface area contributed by atoms with E-state index in [1.807, 2.05) is 7.05 Å². The SMILES string of the molecule is CN1CCC(N=C(N)C2CCCCC2)C1=O. The molecule has 1 saturated carbocycles. The van der Waals surface area contributed by atoms with Gasteiger partial charge in [0.25, 0.3) is 0 Å². The van der Waals surface area contributed by atoms with Crippen LogP contribution in [0.1, 0.15) is 38.5 Å². The Balaban J connectivity index is 1.97. The van der Waals surface area contributed by atoms with E-state index in [1.54, 1.807) is 4.90 Å². The first-order chi connectivity index (χ1) is 7.68. The summed E-state index contributed by atoms with van der Waals surface area (Å²) in [6.07, 6.45) is 6.93. The molecule has 4 heteroatoms. The highest BCUT2D eigenvalue weighted by Crippen LogP contribution is 2.24. The summed E-state index contributed by atoms with van der Waals surface area (Å²) in [5.41, 5.74) is 6.02. The Bertz CT molecular complexity index is 295. The molecule has 1 unspecified atom stereocenters. The third kappa shape index (κ3) is 2.36. The van der Waals surface area contributed by atoms with E-state index in [1.165, 1.54) is 19.3 Å². The van der Waals surface area contributed by atoms with Crippen molar-refractivity contribution in [1.29, 1.82) is 0 Å². The number of amidine groups is 1. The molecule has 90 valence electrons. The largest absolute Gasteiger partial charge is 0.387 e. The summed E-state index contributed by atoms with van der Waals surface area (Å²) in [4.78, 5) is 17.9. The highest BCUT2D eigenvalue weighted by Gasteiger charge is 2.29. The summed E-state index contributed by atoms with van der Waals surface area (Å²) in [5.74, 6) is 1.26. The monoisotopic (exact) mass is 223 g/mol. The number of likely N-dealkylation sites (N-methyl/N-ethyl adjacent to an activating group) is 1. The standard InChI is InChI=1S/C12H21N3O/c1-15-8-7-10(12(15)16)14-11(13)9-5-3-2-4-6-9/h9-10H,2-8H2,1H3,(H2,13,14). The van der Waals surface area contributed by atoms with Crippen LogP contribution in [0.3, 0.4) is 0 Å². The fourth-order valence-electron chi connectivity index (χ4n) is 2.61. The number of aliphatic imine (C=N–C) groups is 1. The molecule has 4 nitrogen and oxygen atoms in total. The maximum atomic E-state index is 11.7. The fraction of sp³-hybridized carbons (Fsp3) is 0.833. The van der Waals surface area contributed by atoms with Crippen molar-refractivity contribution in [2.24, 2.45) is 16.6 Å². The summed E-state index contributed by atoms with van der Waals surface area (Å²) in [6.45, 7) is 0.810. The van der Waals surface area contributed by atoms with Crippen molar-refractivity contribution in [2.45, 2.75) is 44.6 Å². The predicted octanol–water partition coefficient (Wildman–Crippen LogP) is 1.15. The minimum Gasteiger partial charge on any atom is -0.387 e. The van der Waals surface area contributed by atoms with Gasteiger partial charge in [-0.25, -0.2) is 0 Å². The van der Waals surface area contributed by atoms with Crippen molar-refractivity contribution in [3.8, 4) is 0 Å². The molecular formula is C12H21N3O. The van der Waals surface area contributed by atoms with Gasteiger partial charge in [0.1, 0.15) is 6.04 Å². The summed E-state index contributed by atoms with van der Waals surface area (Å²) >= 11 is 0. The zero-order valence-corrected chi connectivity index (χ0v) is 9.98. The Morgan fingerprint density at radius 1 is 1.31 bits per heavy atom. The predicted molar refractivity (Wildman–Crippen MR) is 64.2 cm³/mol. The quantitative estimate of drug-likeness (QED) is 0.564. The second kappa shape index (κ2) is 4.85. The second-order valence-electron chi connectivity index (χ2n) is 4.95. The second-order valence-corrected chi connectivity index (χ2v) is 4.95. The lowest BCUT2D eigenvalue weighted by molar-refractivity contribution is -0.127. The van der Waals surface area contributed by atoms with Crippen molar-refractivity contribution in [3.63, 3.8) is 0 Å². The maximum absolute atomic E-state index is 11.7. The highest BCUT2D eigenvalue weighted by atomic mass is 16.2. The normalized spacial score (nSPS) is 28.8. The number of nitrogens with two attached hydrogens (primary N) is 1. The number of nitrogens with zero attached hydrogens (tertiary/aromatic N) is 2. The fourth-order valence-corrected chi connectivity index (χ4v) is 2.61. The first kappa shape index (κ1) is 11.4. The lowest BCUT2D eigenvalue weighted by Gasteiger charge is -2.21. The van der Waals surface area contributed by atoms with E-state index < -0.39 is 0 Å². The zero-order valence-electron chi connectivity index (χ0n) is 9.98. The molecule has 0 aromatic heterocycles. The van der Waals surface area contributed by atoms with Gasteiger partial charge >= 0.3 is 0 Å². The molecular weight excluding hydrogens is 202 g/mol. The van der Waals surface area contributed by atoms with Crippen molar-refractivity contribution >= 4 is 11.7 Å². The van der Waals surface area contributed by atoms with E-state index in [0.717, 1.165) is 25.8 Å². The molecule has 2 N–H and O–H groups in total. The summed E-state index contributed by atoms with van der Waals surface area (Å²) in [5, 5.41) is 0. The molecule has 1 heterocycles. The number of likely N-dealkylation sites (tertiary alicyclic amines) is 1. The lowest BCUT2D eigenvalue weighted by atomic mass is 9.88. The molecule has 1 aliphatic heterocycles. The van der Waals surface area contributed by atoms with Gasteiger partial charge in [0.15, 0.2) is 0 Å². The zero-order chi connectivity index (χ0) is 11.5. The number of hydrogen-bond donors (Lipinski definition) is 1. The van der Waals surface area contributed by atoms with Crippen LogP contribution < -0.4 is 5.73 Å². The van der Waals surface area contributed by atoms with Crippen LogP contribution in [0, 0.1) is 5.92 Å². The number of hydrogen-bond acceptors (Lipinski definition) is 2. The lowest BCUT2D eigenvalue weighted by Crippen LogP contribution is -2.30. The van der Waals surface area contributed by atoms with Gasteiger partial charge in [-0.1, -0.05) is 19.3 Å². The maximum Gasteiger partial charge on any atom is 0.247 e. The van der Waals surface area contributed by atoms with Crippen LogP contribution in [0.25, 0.3) is 0 Å². The average Bonchev–Trinajstić information content (AvgIpc) is 2.62. The molecule has 0 bridgehead atoms. The van der Waals surface area contributed by atoms with Gasteiger partial charge < -0.3 is 10.6 Å². The minimum atomic E-state index is -0.202. The molecule has 1 saturated heterocycles. The molecule has 2 rings (SSSR count). The van der Waals surface area contributed by atoms with Gasteiger partial charge in [-0.15, -0.1) is 0 Å². The molecule has 0 spiro atoms. The summed E-state index contributed by atoms with van der Waals surface area (Å²) in [7, 11) is 1.83. The molecule has 1 amide bonds. The first-order valence-corrected chi connectivity index (χ1v) is 6.26. The van der Waals surface area contributed by atoms with Crippen LogP contribution in [0.15, 0.2) is 4.99 Å². The number of amides is 1. The molecule has 2 aliphatic rings. The van der Waals surface area contributed by atoms with Crippen molar-refractivity contribution in [2.75, 3.05) is 13.6 Å². The Morgan fingerprint density at radius 3 is 2.56 bits per heavy atom. The van der Waals surface area contributed by atoms with E-state index >= 15 is 0 Å². The van der Waals surface area contributed by atoms with E-state index in [-0.39, 0.29) is 11.9 Å². The Hall–Kier alpha value is -1.06. The summed E-state index contributed by atoms with van der Waals surface area (Å²) < 4.78 is 0. The van der Waals surface area contributed by atoms with Crippen LogP contribution >= 0.6 is 0 Å². The number of carbonyl (C=O) groups excluding carboxylic acids is 1. The summed E-state index contributed by atoms with van der Waals surface area (Å²) in [6, 6.07) is -0.202. The third-order valence-electron chi connectivity index (χ3n) is 3.73. The van der Waals surface area contributed by atoms with Gasteiger partial charge in [0, 0.05) is 19.5 Å². The van der Waals surface area contributed by atoms with Crippen LogP contribution in [0.2, 0.25) is 0 Å². The average molecular weight is 223 g/mol. The topological polar surface area (TPSA) is 58.7 Å². The van der Waals surface area contributed by atoms with Gasteiger partial charge in [-0.3, -0.25) is 9.79 Å². The minimum absolute atomic E-state index is 0.124. The smallest absolute Gasteiger partial charge is 0.247 e. The number of carbonyl (C=O) groups is 1. The molecule has 2 fully saturated rings. The van der Waals surface area contributed by atoms with E-state index in [4.69, 9.17) is 5.73 Å². The van der Waals surface area contributed by atoms with E-state index in [2.05, 4.69) is 4.99 Å². The molecule has 16 heavy (non-hydrogen) atoms.